The Morgan fingerprint density at radius 1 is 0.950 bits per heavy atom. The van der Waals surface area contributed by atoms with Gasteiger partial charge in [-0.1, -0.05) is 55.4 Å². The van der Waals surface area contributed by atoms with Crippen molar-refractivity contribution in [2.75, 3.05) is 13.2 Å². The second-order valence-electron chi connectivity index (χ2n) is 7.63. The summed E-state index contributed by atoms with van der Waals surface area (Å²) < 4.78 is 5.19. The van der Waals surface area contributed by atoms with E-state index in [4.69, 9.17) is 4.74 Å². The monoisotopic (exact) mass is 285 g/mol. The van der Waals surface area contributed by atoms with Crippen molar-refractivity contribution in [2.45, 2.75) is 55.4 Å². The van der Waals surface area contributed by atoms with Crippen molar-refractivity contribution in [2.24, 2.45) is 22.7 Å². The topological polar surface area (TPSA) is 55.4 Å². The van der Waals surface area contributed by atoms with Crippen molar-refractivity contribution in [1.82, 2.24) is 5.32 Å². The van der Waals surface area contributed by atoms with E-state index in [1.54, 1.807) is 0 Å². The number of carbonyl (C=O) groups excluding carboxylic acids is 2. The Balaban J connectivity index is 4.05. The van der Waals surface area contributed by atoms with E-state index in [1.807, 2.05) is 55.4 Å². The molecule has 0 saturated carbocycles. The van der Waals surface area contributed by atoms with Gasteiger partial charge in [-0.25, -0.2) is 0 Å². The van der Waals surface area contributed by atoms with Gasteiger partial charge < -0.3 is 10.1 Å². The van der Waals surface area contributed by atoms with E-state index < -0.39 is 0 Å². The molecule has 0 aliphatic rings. The van der Waals surface area contributed by atoms with Gasteiger partial charge in [-0.15, -0.1) is 0 Å². The molecule has 4 heteroatoms. The quantitative estimate of drug-likeness (QED) is 0.624. The summed E-state index contributed by atoms with van der Waals surface area (Å²) in [6, 6.07) is 0. The average Bonchev–Trinajstić information content (AvgIpc) is 2.29. The van der Waals surface area contributed by atoms with Crippen LogP contribution in [0.3, 0.4) is 0 Å². The van der Waals surface area contributed by atoms with Crippen LogP contribution < -0.4 is 5.32 Å². The standard InChI is InChI=1S/C16H31NO3/c1-11(15(3,4)5)13(18)17-9-10-20-14(19)12(2)16(6,7)8/h11-12H,9-10H2,1-8H3,(H,17,18). The molecular weight excluding hydrogens is 254 g/mol. The normalized spacial score (nSPS) is 15.4. The zero-order valence-corrected chi connectivity index (χ0v) is 14.3. The fourth-order valence-electron chi connectivity index (χ4n) is 1.35. The van der Waals surface area contributed by atoms with Gasteiger partial charge in [0.1, 0.15) is 6.61 Å². The van der Waals surface area contributed by atoms with Crippen molar-refractivity contribution in [3.8, 4) is 0 Å². The predicted molar refractivity (Wildman–Crippen MR) is 81.2 cm³/mol. The largest absolute Gasteiger partial charge is 0.464 e. The highest BCUT2D eigenvalue weighted by Crippen LogP contribution is 2.26. The van der Waals surface area contributed by atoms with Gasteiger partial charge in [0.2, 0.25) is 5.91 Å². The zero-order valence-electron chi connectivity index (χ0n) is 14.3. The molecule has 0 fully saturated rings. The highest BCUT2D eigenvalue weighted by Gasteiger charge is 2.28. The van der Waals surface area contributed by atoms with Crippen LogP contribution in [0.4, 0.5) is 0 Å². The Bertz CT molecular complexity index is 303. The van der Waals surface area contributed by atoms with Gasteiger partial charge in [-0.3, -0.25) is 9.59 Å². The van der Waals surface area contributed by atoms with Gasteiger partial charge in [0.25, 0.3) is 0 Å². The maximum absolute atomic E-state index is 11.9. The van der Waals surface area contributed by atoms with Crippen molar-refractivity contribution in [1.29, 1.82) is 0 Å². The summed E-state index contributed by atoms with van der Waals surface area (Å²) in [4.78, 5) is 23.7. The first kappa shape index (κ1) is 18.9. The maximum Gasteiger partial charge on any atom is 0.309 e. The molecule has 4 nitrogen and oxygen atoms in total. The Hall–Kier alpha value is -1.06. The third-order valence-corrected chi connectivity index (χ3v) is 3.99. The van der Waals surface area contributed by atoms with E-state index in [0.29, 0.717) is 6.54 Å². The maximum atomic E-state index is 11.9. The Morgan fingerprint density at radius 3 is 1.80 bits per heavy atom. The molecule has 0 aromatic rings. The molecule has 0 rings (SSSR count). The zero-order chi connectivity index (χ0) is 16.1. The van der Waals surface area contributed by atoms with E-state index in [1.165, 1.54) is 0 Å². The summed E-state index contributed by atoms with van der Waals surface area (Å²) in [6.45, 7) is 16.5. The van der Waals surface area contributed by atoms with Gasteiger partial charge in [-0.05, 0) is 10.8 Å². The second-order valence-corrected chi connectivity index (χ2v) is 7.63. The van der Waals surface area contributed by atoms with Crippen LogP contribution in [0.5, 0.6) is 0 Å². The summed E-state index contributed by atoms with van der Waals surface area (Å²) in [5.41, 5.74) is -0.178. The van der Waals surface area contributed by atoms with Crippen molar-refractivity contribution >= 4 is 11.9 Å². The highest BCUT2D eigenvalue weighted by atomic mass is 16.5. The fourth-order valence-corrected chi connectivity index (χ4v) is 1.35. The molecule has 0 aromatic heterocycles. The number of amides is 1. The minimum atomic E-state index is -0.212. The lowest BCUT2D eigenvalue weighted by Gasteiger charge is -2.26. The van der Waals surface area contributed by atoms with Crippen LogP contribution >= 0.6 is 0 Å². The lowest BCUT2D eigenvalue weighted by Crippen LogP contribution is -2.38. The first-order valence-corrected chi connectivity index (χ1v) is 7.31. The van der Waals surface area contributed by atoms with Gasteiger partial charge in [0.05, 0.1) is 12.5 Å². The van der Waals surface area contributed by atoms with Gasteiger partial charge in [-0.2, -0.15) is 0 Å². The Labute approximate surface area is 123 Å². The smallest absolute Gasteiger partial charge is 0.309 e. The summed E-state index contributed by atoms with van der Waals surface area (Å²) >= 11 is 0. The molecule has 0 aromatic carbocycles. The Kier molecular flexibility index (Phi) is 6.72. The SMILES string of the molecule is CC(C(=O)NCCOC(=O)C(C)C(C)(C)C)C(C)(C)C. The van der Waals surface area contributed by atoms with E-state index in [9.17, 15) is 9.59 Å². The first-order chi connectivity index (χ1) is 8.87. The van der Waals surface area contributed by atoms with E-state index in [2.05, 4.69) is 5.32 Å². The molecule has 2 unspecified atom stereocenters. The number of nitrogens with one attached hydrogen (secondary N) is 1. The third-order valence-electron chi connectivity index (χ3n) is 3.99. The number of carbonyl (C=O) groups is 2. The van der Waals surface area contributed by atoms with Crippen LogP contribution in [-0.2, 0) is 14.3 Å². The average molecular weight is 285 g/mol. The number of rotatable bonds is 5. The lowest BCUT2D eigenvalue weighted by molar-refractivity contribution is -0.151. The van der Waals surface area contributed by atoms with Crippen molar-refractivity contribution in [3.05, 3.63) is 0 Å². The van der Waals surface area contributed by atoms with Crippen molar-refractivity contribution in [3.63, 3.8) is 0 Å². The molecule has 118 valence electrons. The lowest BCUT2D eigenvalue weighted by atomic mass is 9.81. The summed E-state index contributed by atoms with van der Waals surface area (Å²) in [6.07, 6.45) is 0. The number of esters is 1. The number of hydrogen-bond donors (Lipinski definition) is 1. The fraction of sp³-hybridized carbons (Fsp3) is 0.875. The van der Waals surface area contributed by atoms with Crippen LogP contribution in [0.1, 0.15) is 55.4 Å². The molecule has 0 saturated heterocycles. The number of hydrogen-bond acceptors (Lipinski definition) is 3. The number of ether oxygens (including phenoxy) is 1. The van der Waals surface area contributed by atoms with Gasteiger partial charge in [0.15, 0.2) is 0 Å². The summed E-state index contributed by atoms with van der Waals surface area (Å²) in [5, 5.41) is 2.81. The second kappa shape index (κ2) is 7.09. The van der Waals surface area contributed by atoms with Gasteiger partial charge >= 0.3 is 5.97 Å². The first-order valence-electron chi connectivity index (χ1n) is 7.31. The molecule has 1 amide bonds. The van der Waals surface area contributed by atoms with E-state index in [0.717, 1.165) is 0 Å². The van der Waals surface area contributed by atoms with Crippen molar-refractivity contribution < 1.29 is 14.3 Å². The predicted octanol–water partition coefficient (Wildman–Crippen LogP) is 3.01. The molecule has 2 atom stereocenters. The molecular formula is C16H31NO3. The molecule has 0 radical (unpaired) electrons. The highest BCUT2D eigenvalue weighted by molar-refractivity contribution is 5.79. The molecule has 0 spiro atoms. The molecule has 0 aliphatic heterocycles. The van der Waals surface area contributed by atoms with Gasteiger partial charge in [0, 0.05) is 5.92 Å². The minimum Gasteiger partial charge on any atom is -0.464 e. The molecule has 20 heavy (non-hydrogen) atoms. The Morgan fingerprint density at radius 2 is 1.40 bits per heavy atom. The van der Waals surface area contributed by atoms with E-state index in [-0.39, 0.29) is 41.1 Å². The summed E-state index contributed by atoms with van der Waals surface area (Å²) in [5.74, 6) is -0.452. The third kappa shape index (κ3) is 6.40. The minimum absolute atomic E-state index is 0.00239. The van der Waals surface area contributed by atoms with Crippen LogP contribution in [0.2, 0.25) is 0 Å². The molecule has 0 heterocycles. The molecule has 1 N–H and O–H groups in total. The molecule has 0 aliphatic carbocycles. The summed E-state index contributed by atoms with van der Waals surface area (Å²) in [7, 11) is 0. The van der Waals surface area contributed by atoms with Crippen LogP contribution in [0.25, 0.3) is 0 Å². The van der Waals surface area contributed by atoms with Crippen LogP contribution in [0.15, 0.2) is 0 Å². The van der Waals surface area contributed by atoms with E-state index >= 15 is 0 Å². The van der Waals surface area contributed by atoms with Crippen LogP contribution in [0, 0.1) is 22.7 Å². The molecule has 0 bridgehead atoms. The van der Waals surface area contributed by atoms with Crippen LogP contribution in [-0.4, -0.2) is 25.0 Å².